The molecule has 1 fully saturated rings. The van der Waals surface area contributed by atoms with Crippen LogP contribution in [0, 0.1) is 6.92 Å². The molecule has 3 aromatic rings. The Morgan fingerprint density at radius 3 is 2.71 bits per heavy atom. The monoisotopic (exact) mass is 378 g/mol. The smallest absolute Gasteiger partial charge is 0.289 e. The molecule has 2 aromatic heterocycles. The molecule has 0 spiro atoms. The molecule has 8 nitrogen and oxygen atoms in total. The second kappa shape index (κ2) is 8.08. The fourth-order valence-corrected chi connectivity index (χ4v) is 3.17. The minimum Gasteiger partial charge on any atom is -0.459 e. The molecular weight excluding hydrogens is 356 g/mol. The summed E-state index contributed by atoms with van der Waals surface area (Å²) in [5, 5.41) is 11.5. The van der Waals surface area contributed by atoms with E-state index in [0.29, 0.717) is 50.3 Å². The SMILES string of the molecule is Cc1ccccc1CNc1cnnc(N2CCN(C(=O)c3ccco3)CC2)n1. The maximum Gasteiger partial charge on any atom is 0.289 e. The maximum absolute atomic E-state index is 12.4. The molecule has 0 unspecified atom stereocenters. The van der Waals surface area contributed by atoms with Crippen LogP contribution >= 0.6 is 0 Å². The quantitative estimate of drug-likeness (QED) is 0.729. The Balaban J connectivity index is 1.36. The van der Waals surface area contributed by atoms with E-state index in [0.717, 1.165) is 0 Å². The highest BCUT2D eigenvalue weighted by atomic mass is 16.3. The Hall–Kier alpha value is -3.42. The fraction of sp³-hybridized carbons (Fsp3) is 0.300. The van der Waals surface area contributed by atoms with Crippen molar-refractivity contribution >= 4 is 17.7 Å². The Bertz CT molecular complexity index is 935. The second-order valence-corrected chi connectivity index (χ2v) is 6.68. The number of carbonyl (C=O) groups is 1. The molecule has 0 bridgehead atoms. The summed E-state index contributed by atoms with van der Waals surface area (Å²) in [6.45, 7) is 5.23. The molecule has 4 rings (SSSR count). The number of furan rings is 1. The summed E-state index contributed by atoms with van der Waals surface area (Å²) >= 11 is 0. The molecule has 0 aliphatic carbocycles. The zero-order valence-corrected chi connectivity index (χ0v) is 15.7. The van der Waals surface area contributed by atoms with Gasteiger partial charge in [-0.15, -0.1) is 5.10 Å². The third-order valence-corrected chi connectivity index (χ3v) is 4.85. The number of rotatable bonds is 5. The molecule has 3 heterocycles. The topological polar surface area (TPSA) is 87.4 Å². The van der Waals surface area contributed by atoms with E-state index in [4.69, 9.17) is 4.42 Å². The van der Waals surface area contributed by atoms with E-state index in [1.807, 2.05) is 17.0 Å². The first-order valence-corrected chi connectivity index (χ1v) is 9.26. The summed E-state index contributed by atoms with van der Waals surface area (Å²) in [6, 6.07) is 11.6. The molecule has 1 aromatic carbocycles. The van der Waals surface area contributed by atoms with Gasteiger partial charge < -0.3 is 19.5 Å². The highest BCUT2D eigenvalue weighted by molar-refractivity contribution is 5.91. The van der Waals surface area contributed by atoms with Gasteiger partial charge in [-0.05, 0) is 30.2 Å². The summed E-state index contributed by atoms with van der Waals surface area (Å²) < 4.78 is 5.20. The van der Waals surface area contributed by atoms with Crippen LogP contribution in [-0.2, 0) is 6.54 Å². The Kier molecular flexibility index (Phi) is 5.18. The second-order valence-electron chi connectivity index (χ2n) is 6.68. The minimum absolute atomic E-state index is 0.0858. The van der Waals surface area contributed by atoms with Gasteiger partial charge >= 0.3 is 0 Å². The Labute approximate surface area is 163 Å². The number of benzene rings is 1. The molecule has 8 heteroatoms. The lowest BCUT2D eigenvalue weighted by atomic mass is 10.1. The zero-order valence-electron chi connectivity index (χ0n) is 15.7. The number of anilines is 2. The lowest BCUT2D eigenvalue weighted by Crippen LogP contribution is -2.49. The van der Waals surface area contributed by atoms with Gasteiger partial charge in [-0.2, -0.15) is 10.1 Å². The van der Waals surface area contributed by atoms with Crippen molar-refractivity contribution in [2.45, 2.75) is 13.5 Å². The summed E-state index contributed by atoms with van der Waals surface area (Å²) in [4.78, 5) is 20.8. The van der Waals surface area contributed by atoms with Crippen LogP contribution in [0.1, 0.15) is 21.7 Å². The molecule has 144 valence electrons. The van der Waals surface area contributed by atoms with Crippen molar-refractivity contribution in [3.63, 3.8) is 0 Å². The molecule has 28 heavy (non-hydrogen) atoms. The fourth-order valence-electron chi connectivity index (χ4n) is 3.17. The van der Waals surface area contributed by atoms with Crippen LogP contribution in [0.3, 0.4) is 0 Å². The van der Waals surface area contributed by atoms with Crippen molar-refractivity contribution in [3.8, 4) is 0 Å². The first-order valence-electron chi connectivity index (χ1n) is 9.26. The molecule has 0 saturated carbocycles. The van der Waals surface area contributed by atoms with Gasteiger partial charge in [0.1, 0.15) is 0 Å². The first kappa shape index (κ1) is 18.0. The Morgan fingerprint density at radius 2 is 1.96 bits per heavy atom. The lowest BCUT2D eigenvalue weighted by Gasteiger charge is -2.34. The van der Waals surface area contributed by atoms with Crippen LogP contribution in [0.15, 0.2) is 53.3 Å². The van der Waals surface area contributed by atoms with Gasteiger partial charge in [-0.1, -0.05) is 24.3 Å². The number of nitrogens with one attached hydrogen (secondary N) is 1. The third kappa shape index (κ3) is 3.95. The van der Waals surface area contributed by atoms with Crippen LogP contribution in [0.5, 0.6) is 0 Å². The van der Waals surface area contributed by atoms with Gasteiger partial charge in [0.25, 0.3) is 5.91 Å². The van der Waals surface area contributed by atoms with Crippen molar-refractivity contribution in [2.24, 2.45) is 0 Å². The molecule has 1 amide bonds. The van der Waals surface area contributed by atoms with Crippen molar-refractivity contribution in [1.82, 2.24) is 20.1 Å². The number of amides is 1. The average molecular weight is 378 g/mol. The van der Waals surface area contributed by atoms with E-state index in [1.165, 1.54) is 17.4 Å². The first-order chi connectivity index (χ1) is 13.7. The molecule has 1 aliphatic heterocycles. The molecule has 0 radical (unpaired) electrons. The van der Waals surface area contributed by atoms with Gasteiger partial charge in [0, 0.05) is 32.7 Å². The van der Waals surface area contributed by atoms with Crippen LogP contribution in [0.2, 0.25) is 0 Å². The van der Waals surface area contributed by atoms with E-state index in [9.17, 15) is 4.79 Å². The molecule has 1 aliphatic rings. The van der Waals surface area contributed by atoms with Gasteiger partial charge in [-0.25, -0.2) is 0 Å². The number of hydrogen-bond donors (Lipinski definition) is 1. The number of nitrogens with zero attached hydrogens (tertiary/aromatic N) is 5. The number of carbonyl (C=O) groups excluding carboxylic acids is 1. The highest BCUT2D eigenvalue weighted by Crippen LogP contribution is 2.15. The van der Waals surface area contributed by atoms with Gasteiger partial charge in [0.15, 0.2) is 11.6 Å². The molecule has 0 atom stereocenters. The van der Waals surface area contributed by atoms with Gasteiger partial charge in [-0.3, -0.25) is 4.79 Å². The Morgan fingerprint density at radius 1 is 1.14 bits per heavy atom. The average Bonchev–Trinajstić information content (AvgIpc) is 3.28. The van der Waals surface area contributed by atoms with Crippen molar-refractivity contribution in [1.29, 1.82) is 0 Å². The number of aryl methyl sites for hydroxylation is 1. The number of aromatic nitrogens is 3. The maximum atomic E-state index is 12.4. The highest BCUT2D eigenvalue weighted by Gasteiger charge is 2.25. The van der Waals surface area contributed by atoms with E-state index in [-0.39, 0.29) is 5.91 Å². The van der Waals surface area contributed by atoms with Crippen molar-refractivity contribution < 1.29 is 9.21 Å². The zero-order chi connectivity index (χ0) is 19.3. The largest absolute Gasteiger partial charge is 0.459 e. The summed E-state index contributed by atoms with van der Waals surface area (Å²) in [5.74, 6) is 1.54. The predicted molar refractivity (Wildman–Crippen MR) is 105 cm³/mol. The van der Waals surface area contributed by atoms with Gasteiger partial charge in [0.2, 0.25) is 5.95 Å². The van der Waals surface area contributed by atoms with Crippen molar-refractivity contribution in [2.75, 3.05) is 36.4 Å². The van der Waals surface area contributed by atoms with E-state index in [2.05, 4.69) is 39.6 Å². The van der Waals surface area contributed by atoms with E-state index in [1.54, 1.807) is 23.2 Å². The third-order valence-electron chi connectivity index (χ3n) is 4.85. The molecular formula is C20H22N6O2. The van der Waals surface area contributed by atoms with Crippen LogP contribution in [0.4, 0.5) is 11.8 Å². The predicted octanol–water partition coefficient (Wildman–Crippen LogP) is 2.35. The van der Waals surface area contributed by atoms with Crippen LogP contribution < -0.4 is 10.2 Å². The molecule has 1 N–H and O–H groups in total. The minimum atomic E-state index is -0.0858. The summed E-state index contributed by atoms with van der Waals surface area (Å²) in [7, 11) is 0. The van der Waals surface area contributed by atoms with Crippen LogP contribution in [0.25, 0.3) is 0 Å². The van der Waals surface area contributed by atoms with Crippen LogP contribution in [-0.4, -0.2) is 52.2 Å². The standard InChI is InChI=1S/C20H22N6O2/c1-15-5-2-3-6-16(15)13-21-18-14-22-24-20(23-18)26-10-8-25(9-11-26)19(27)17-7-4-12-28-17/h2-7,12,14H,8-11,13H2,1H3,(H,21,23,24). The molecule has 1 saturated heterocycles. The van der Waals surface area contributed by atoms with Crippen molar-refractivity contribution in [3.05, 3.63) is 65.7 Å². The normalized spacial score (nSPS) is 14.2. The summed E-state index contributed by atoms with van der Waals surface area (Å²) in [5.41, 5.74) is 2.45. The number of hydrogen-bond acceptors (Lipinski definition) is 7. The lowest BCUT2D eigenvalue weighted by molar-refractivity contribution is 0.0714. The number of piperazine rings is 1. The summed E-state index contributed by atoms with van der Waals surface area (Å²) in [6.07, 6.45) is 3.14. The van der Waals surface area contributed by atoms with E-state index >= 15 is 0 Å². The van der Waals surface area contributed by atoms with E-state index < -0.39 is 0 Å². The van der Waals surface area contributed by atoms with Gasteiger partial charge in [0.05, 0.1) is 12.5 Å².